The van der Waals surface area contributed by atoms with E-state index in [4.69, 9.17) is 0 Å². The van der Waals surface area contributed by atoms with Gasteiger partial charge in [-0.1, -0.05) is 18.2 Å². The van der Waals surface area contributed by atoms with Crippen LogP contribution < -0.4 is 10.2 Å². The maximum atomic E-state index is 12.6. The third-order valence-corrected chi connectivity index (χ3v) is 4.53. The Bertz CT molecular complexity index is 549. The first-order valence-electron chi connectivity index (χ1n) is 8.48. The minimum Gasteiger partial charge on any atom is -0.375 e. The molecule has 0 saturated carbocycles. The molecular weight excluding hydrogens is 304 g/mol. The summed E-state index contributed by atoms with van der Waals surface area (Å²) >= 11 is 0. The number of rotatable bonds is 6. The predicted molar refractivity (Wildman–Crippen MR) is 96.0 cm³/mol. The molecule has 0 aromatic heterocycles. The number of anilines is 1. The van der Waals surface area contributed by atoms with Gasteiger partial charge >= 0.3 is 0 Å². The third kappa shape index (κ3) is 4.71. The van der Waals surface area contributed by atoms with Crippen LogP contribution in [0.4, 0.5) is 5.69 Å². The van der Waals surface area contributed by atoms with Gasteiger partial charge in [0.2, 0.25) is 11.8 Å². The Morgan fingerprint density at radius 2 is 1.96 bits per heavy atom. The predicted octanol–water partition coefficient (Wildman–Crippen LogP) is 0.792. The van der Waals surface area contributed by atoms with Gasteiger partial charge in [0.05, 0.1) is 0 Å². The SMILES string of the molecule is CNC(=O)C1CN(C)CCN1C(=O)CCCN(C)c1ccccc1. The second-order valence-corrected chi connectivity index (χ2v) is 6.34. The fraction of sp³-hybridized carbons (Fsp3) is 0.556. The van der Waals surface area contributed by atoms with E-state index in [0.717, 1.165) is 25.2 Å². The third-order valence-electron chi connectivity index (χ3n) is 4.53. The highest BCUT2D eigenvalue weighted by molar-refractivity contribution is 5.88. The zero-order valence-corrected chi connectivity index (χ0v) is 14.9. The van der Waals surface area contributed by atoms with Crippen molar-refractivity contribution in [2.75, 3.05) is 52.2 Å². The zero-order valence-electron chi connectivity index (χ0n) is 14.9. The number of hydrogen-bond acceptors (Lipinski definition) is 4. The summed E-state index contributed by atoms with van der Waals surface area (Å²) in [5.41, 5.74) is 1.15. The van der Waals surface area contributed by atoms with Gasteiger partial charge in [-0.05, 0) is 25.6 Å². The molecule has 2 rings (SSSR count). The summed E-state index contributed by atoms with van der Waals surface area (Å²) in [7, 11) is 5.63. The van der Waals surface area contributed by atoms with E-state index in [2.05, 4.69) is 27.2 Å². The number of amides is 2. The number of carbonyl (C=O) groups excluding carboxylic acids is 2. The lowest BCUT2D eigenvalue weighted by atomic mass is 10.1. The standard InChI is InChI=1S/C18H28N4O2/c1-19-18(24)16-14-20(2)12-13-22(16)17(23)10-7-11-21(3)15-8-5-4-6-9-15/h4-6,8-9,16H,7,10-14H2,1-3H3,(H,19,24). The number of para-hydroxylation sites is 1. The monoisotopic (exact) mass is 332 g/mol. The molecule has 132 valence electrons. The van der Waals surface area contributed by atoms with Gasteiger partial charge in [0.25, 0.3) is 0 Å². The molecule has 6 nitrogen and oxygen atoms in total. The number of likely N-dealkylation sites (N-methyl/N-ethyl adjacent to an activating group) is 2. The molecule has 1 heterocycles. The molecule has 1 fully saturated rings. The second-order valence-electron chi connectivity index (χ2n) is 6.34. The highest BCUT2D eigenvalue weighted by atomic mass is 16.2. The van der Waals surface area contributed by atoms with Gasteiger partial charge in [-0.2, -0.15) is 0 Å². The van der Waals surface area contributed by atoms with Crippen LogP contribution in [0.2, 0.25) is 0 Å². The highest BCUT2D eigenvalue weighted by Gasteiger charge is 2.33. The van der Waals surface area contributed by atoms with Crippen molar-refractivity contribution in [3.63, 3.8) is 0 Å². The van der Waals surface area contributed by atoms with E-state index in [1.807, 2.05) is 32.3 Å². The van der Waals surface area contributed by atoms with Crippen LogP contribution in [0.15, 0.2) is 30.3 Å². The number of nitrogens with zero attached hydrogens (tertiary/aromatic N) is 3. The smallest absolute Gasteiger partial charge is 0.243 e. The largest absolute Gasteiger partial charge is 0.375 e. The first-order valence-corrected chi connectivity index (χ1v) is 8.48. The number of nitrogens with one attached hydrogen (secondary N) is 1. The van der Waals surface area contributed by atoms with E-state index >= 15 is 0 Å². The zero-order chi connectivity index (χ0) is 17.5. The van der Waals surface area contributed by atoms with Gasteiger partial charge < -0.3 is 20.0 Å². The van der Waals surface area contributed by atoms with E-state index in [9.17, 15) is 9.59 Å². The van der Waals surface area contributed by atoms with Crippen molar-refractivity contribution in [1.82, 2.24) is 15.1 Å². The van der Waals surface area contributed by atoms with Gasteiger partial charge in [0, 0.05) is 52.4 Å². The summed E-state index contributed by atoms with van der Waals surface area (Å²) in [6, 6.07) is 9.75. The number of benzene rings is 1. The van der Waals surface area contributed by atoms with Crippen molar-refractivity contribution >= 4 is 17.5 Å². The van der Waals surface area contributed by atoms with Crippen LogP contribution in [0.3, 0.4) is 0 Å². The summed E-state index contributed by atoms with van der Waals surface area (Å²) in [5.74, 6) is -0.0190. The number of hydrogen-bond donors (Lipinski definition) is 1. The van der Waals surface area contributed by atoms with Crippen LogP contribution >= 0.6 is 0 Å². The fourth-order valence-electron chi connectivity index (χ4n) is 3.03. The van der Waals surface area contributed by atoms with Crippen molar-refractivity contribution in [3.8, 4) is 0 Å². The maximum absolute atomic E-state index is 12.6. The summed E-state index contributed by atoms with van der Waals surface area (Å²) < 4.78 is 0. The van der Waals surface area contributed by atoms with E-state index in [-0.39, 0.29) is 17.9 Å². The molecule has 1 aromatic rings. The number of carbonyl (C=O) groups is 2. The number of piperazine rings is 1. The molecule has 1 saturated heterocycles. The van der Waals surface area contributed by atoms with E-state index < -0.39 is 0 Å². The van der Waals surface area contributed by atoms with Gasteiger partial charge in [0.15, 0.2) is 0 Å². The molecule has 0 aliphatic carbocycles. The van der Waals surface area contributed by atoms with Crippen LogP contribution in [0.25, 0.3) is 0 Å². The van der Waals surface area contributed by atoms with Crippen molar-refractivity contribution in [2.24, 2.45) is 0 Å². The van der Waals surface area contributed by atoms with E-state index in [0.29, 0.717) is 19.5 Å². The Morgan fingerprint density at radius 3 is 2.62 bits per heavy atom. The van der Waals surface area contributed by atoms with Crippen molar-refractivity contribution in [3.05, 3.63) is 30.3 Å². The molecule has 1 unspecified atom stereocenters. The Labute approximate surface area is 144 Å². The summed E-state index contributed by atoms with van der Waals surface area (Å²) in [6.07, 6.45) is 1.24. The molecule has 1 N–H and O–H groups in total. The molecule has 1 aliphatic heterocycles. The molecule has 1 aromatic carbocycles. The summed E-state index contributed by atoms with van der Waals surface area (Å²) in [4.78, 5) is 30.6. The van der Waals surface area contributed by atoms with Gasteiger partial charge in [-0.15, -0.1) is 0 Å². The van der Waals surface area contributed by atoms with Gasteiger partial charge in [-0.25, -0.2) is 0 Å². The fourth-order valence-corrected chi connectivity index (χ4v) is 3.03. The quantitative estimate of drug-likeness (QED) is 0.837. The molecule has 1 atom stereocenters. The van der Waals surface area contributed by atoms with Crippen molar-refractivity contribution in [2.45, 2.75) is 18.9 Å². The van der Waals surface area contributed by atoms with Crippen molar-refractivity contribution in [1.29, 1.82) is 0 Å². The topological polar surface area (TPSA) is 55.9 Å². The van der Waals surface area contributed by atoms with E-state index in [1.54, 1.807) is 11.9 Å². The Morgan fingerprint density at radius 1 is 1.25 bits per heavy atom. The molecule has 1 aliphatic rings. The van der Waals surface area contributed by atoms with Crippen LogP contribution in [-0.2, 0) is 9.59 Å². The minimum atomic E-state index is -0.381. The first kappa shape index (κ1) is 18.3. The lowest BCUT2D eigenvalue weighted by Crippen LogP contribution is -2.59. The molecule has 0 spiro atoms. The summed E-state index contributed by atoms with van der Waals surface area (Å²) in [5, 5.41) is 2.67. The van der Waals surface area contributed by atoms with Crippen LogP contribution in [0.5, 0.6) is 0 Å². The highest BCUT2D eigenvalue weighted by Crippen LogP contribution is 2.14. The van der Waals surface area contributed by atoms with Crippen molar-refractivity contribution < 1.29 is 9.59 Å². The molecule has 0 bridgehead atoms. The lowest BCUT2D eigenvalue weighted by Gasteiger charge is -2.39. The van der Waals surface area contributed by atoms with Crippen LogP contribution in [0.1, 0.15) is 12.8 Å². The average molecular weight is 332 g/mol. The summed E-state index contributed by atoms with van der Waals surface area (Å²) in [6.45, 7) is 2.83. The Balaban J connectivity index is 1.85. The van der Waals surface area contributed by atoms with Gasteiger partial charge in [0.1, 0.15) is 6.04 Å². The molecule has 6 heteroatoms. The average Bonchev–Trinajstić information content (AvgIpc) is 2.61. The normalized spacial score (nSPS) is 18.3. The lowest BCUT2D eigenvalue weighted by molar-refractivity contribution is -0.143. The Hall–Kier alpha value is -2.08. The Kier molecular flexibility index (Phi) is 6.61. The van der Waals surface area contributed by atoms with E-state index in [1.165, 1.54) is 0 Å². The maximum Gasteiger partial charge on any atom is 0.243 e. The second kappa shape index (κ2) is 8.68. The molecular formula is C18H28N4O2. The molecule has 24 heavy (non-hydrogen) atoms. The first-order chi connectivity index (χ1) is 11.5. The minimum absolute atomic E-state index is 0.0677. The molecule has 2 amide bonds. The van der Waals surface area contributed by atoms with Gasteiger partial charge in [-0.3, -0.25) is 9.59 Å². The van der Waals surface area contributed by atoms with Crippen LogP contribution in [0, 0.1) is 0 Å². The van der Waals surface area contributed by atoms with Crippen LogP contribution in [-0.4, -0.2) is 75.0 Å². The molecule has 0 radical (unpaired) electrons.